The smallest absolute Gasteiger partial charge is 0.251 e. The van der Waals surface area contributed by atoms with Gasteiger partial charge in [0, 0.05) is 17.3 Å². The van der Waals surface area contributed by atoms with E-state index in [2.05, 4.69) is 26.1 Å². The number of halogens is 1. The van der Waals surface area contributed by atoms with Gasteiger partial charge in [0.2, 0.25) is 0 Å². The van der Waals surface area contributed by atoms with Crippen LogP contribution in [-0.2, 0) is 0 Å². The van der Waals surface area contributed by atoms with Crippen LogP contribution in [0.3, 0.4) is 0 Å². The third kappa shape index (κ3) is 4.63. The molecule has 0 heterocycles. The molecule has 21 heavy (non-hydrogen) atoms. The normalized spacial score (nSPS) is 22.2. The third-order valence-corrected chi connectivity index (χ3v) is 4.37. The molecule has 1 amide bonds. The minimum Gasteiger partial charge on any atom is -0.399 e. The van der Waals surface area contributed by atoms with Crippen LogP contribution < -0.4 is 11.1 Å². The summed E-state index contributed by atoms with van der Waals surface area (Å²) in [6, 6.07) is 7.42. The molecule has 0 aromatic heterocycles. The monoisotopic (exact) mass is 310 g/mol. The van der Waals surface area contributed by atoms with Gasteiger partial charge in [-0.15, -0.1) is 12.4 Å². The molecule has 0 bridgehead atoms. The van der Waals surface area contributed by atoms with Crippen LogP contribution in [0.5, 0.6) is 0 Å². The number of carbonyl (C=O) groups is 1. The Morgan fingerprint density at radius 3 is 2.29 bits per heavy atom. The van der Waals surface area contributed by atoms with Crippen molar-refractivity contribution in [1.82, 2.24) is 5.32 Å². The largest absolute Gasteiger partial charge is 0.399 e. The van der Waals surface area contributed by atoms with E-state index >= 15 is 0 Å². The molecule has 2 rings (SSSR count). The Morgan fingerprint density at radius 1 is 1.14 bits per heavy atom. The Labute approximate surface area is 134 Å². The molecule has 1 aliphatic rings. The van der Waals surface area contributed by atoms with Gasteiger partial charge in [0.15, 0.2) is 0 Å². The molecular formula is C17H27ClN2O. The highest BCUT2D eigenvalue weighted by Gasteiger charge is 2.34. The van der Waals surface area contributed by atoms with Crippen LogP contribution in [0.2, 0.25) is 0 Å². The maximum atomic E-state index is 12.3. The van der Waals surface area contributed by atoms with E-state index in [9.17, 15) is 4.79 Å². The van der Waals surface area contributed by atoms with Crippen molar-refractivity contribution in [3.8, 4) is 0 Å². The molecular weight excluding hydrogens is 284 g/mol. The first-order valence-electron chi connectivity index (χ1n) is 7.54. The molecule has 3 N–H and O–H groups in total. The second kappa shape index (κ2) is 7.17. The van der Waals surface area contributed by atoms with E-state index in [0.717, 1.165) is 6.42 Å². The molecule has 118 valence electrons. The number of hydrogen-bond acceptors (Lipinski definition) is 2. The molecule has 4 heteroatoms. The standard InChI is InChI=1S/C17H26N2O.ClH/c1-17(2,3)14-6-4-5-7-15(14)19-16(20)12-8-10-13(18)11-9-12;/h8-11,14-15H,4-7,18H2,1-3H3,(H,19,20);1H. The van der Waals surface area contributed by atoms with Crippen LogP contribution in [0.15, 0.2) is 24.3 Å². The van der Waals surface area contributed by atoms with Crippen molar-refractivity contribution in [2.45, 2.75) is 52.5 Å². The fourth-order valence-corrected chi connectivity index (χ4v) is 3.23. The zero-order valence-corrected chi connectivity index (χ0v) is 14.0. The topological polar surface area (TPSA) is 55.1 Å². The van der Waals surface area contributed by atoms with Gasteiger partial charge < -0.3 is 11.1 Å². The van der Waals surface area contributed by atoms with Crippen molar-refractivity contribution < 1.29 is 4.79 Å². The van der Waals surface area contributed by atoms with Gasteiger partial charge in [-0.1, -0.05) is 33.6 Å². The van der Waals surface area contributed by atoms with E-state index in [1.165, 1.54) is 19.3 Å². The van der Waals surface area contributed by atoms with Crippen molar-refractivity contribution >= 4 is 24.0 Å². The number of hydrogen-bond donors (Lipinski definition) is 2. The molecule has 1 aliphatic carbocycles. The maximum Gasteiger partial charge on any atom is 0.251 e. The highest BCUT2D eigenvalue weighted by atomic mass is 35.5. The maximum absolute atomic E-state index is 12.3. The van der Waals surface area contributed by atoms with Crippen LogP contribution in [0.4, 0.5) is 5.69 Å². The zero-order chi connectivity index (χ0) is 14.8. The number of rotatable bonds is 2. The number of nitrogens with two attached hydrogens (primary N) is 1. The Balaban J connectivity index is 0.00000220. The summed E-state index contributed by atoms with van der Waals surface area (Å²) in [7, 11) is 0. The summed E-state index contributed by atoms with van der Waals surface area (Å²) >= 11 is 0. The molecule has 1 aromatic rings. The molecule has 2 unspecified atom stereocenters. The summed E-state index contributed by atoms with van der Waals surface area (Å²) in [5.74, 6) is 0.570. The van der Waals surface area contributed by atoms with Gasteiger partial charge >= 0.3 is 0 Å². The molecule has 0 aliphatic heterocycles. The first-order valence-corrected chi connectivity index (χ1v) is 7.54. The second-order valence-electron chi connectivity index (χ2n) is 6.96. The van der Waals surface area contributed by atoms with Gasteiger partial charge in [-0.2, -0.15) is 0 Å². The highest BCUT2D eigenvalue weighted by Crippen LogP contribution is 2.38. The highest BCUT2D eigenvalue weighted by molar-refractivity contribution is 5.94. The lowest BCUT2D eigenvalue weighted by molar-refractivity contribution is 0.0830. The van der Waals surface area contributed by atoms with E-state index in [4.69, 9.17) is 5.73 Å². The number of nitrogens with one attached hydrogen (secondary N) is 1. The lowest BCUT2D eigenvalue weighted by Gasteiger charge is -2.40. The summed E-state index contributed by atoms with van der Waals surface area (Å²) in [4.78, 5) is 12.3. The Bertz CT molecular complexity index is 465. The average Bonchev–Trinajstić information content (AvgIpc) is 2.38. The van der Waals surface area contributed by atoms with Gasteiger partial charge in [0.05, 0.1) is 0 Å². The van der Waals surface area contributed by atoms with Crippen LogP contribution >= 0.6 is 12.4 Å². The number of nitrogen functional groups attached to an aromatic ring is 1. The van der Waals surface area contributed by atoms with E-state index in [1.54, 1.807) is 24.3 Å². The van der Waals surface area contributed by atoms with E-state index in [-0.39, 0.29) is 29.8 Å². The zero-order valence-electron chi connectivity index (χ0n) is 13.2. The first kappa shape index (κ1) is 17.8. The van der Waals surface area contributed by atoms with Gasteiger partial charge in [-0.3, -0.25) is 4.79 Å². The summed E-state index contributed by atoms with van der Waals surface area (Å²) in [6.45, 7) is 6.81. The minimum atomic E-state index is 0. The van der Waals surface area contributed by atoms with Gasteiger partial charge in [0.1, 0.15) is 0 Å². The number of benzene rings is 1. The predicted octanol–water partition coefficient (Wildman–Crippen LogP) is 4.03. The molecule has 1 aromatic carbocycles. The van der Waals surface area contributed by atoms with Gasteiger partial charge in [-0.25, -0.2) is 0 Å². The Kier molecular flexibility index (Phi) is 6.09. The van der Waals surface area contributed by atoms with Crippen LogP contribution in [-0.4, -0.2) is 11.9 Å². The summed E-state index contributed by atoms with van der Waals surface area (Å²) in [5, 5.41) is 3.23. The van der Waals surface area contributed by atoms with Crippen molar-refractivity contribution in [3.05, 3.63) is 29.8 Å². The van der Waals surface area contributed by atoms with Crippen molar-refractivity contribution in [3.63, 3.8) is 0 Å². The minimum absolute atomic E-state index is 0. The average molecular weight is 311 g/mol. The van der Waals surface area contributed by atoms with Crippen LogP contribution in [0.1, 0.15) is 56.8 Å². The van der Waals surface area contributed by atoms with Crippen molar-refractivity contribution in [1.29, 1.82) is 0 Å². The van der Waals surface area contributed by atoms with Crippen LogP contribution in [0, 0.1) is 11.3 Å². The fraction of sp³-hybridized carbons (Fsp3) is 0.588. The molecule has 1 fully saturated rings. The summed E-state index contributed by atoms with van der Waals surface area (Å²) in [6.07, 6.45) is 4.77. The second-order valence-corrected chi connectivity index (χ2v) is 6.96. The lowest BCUT2D eigenvalue weighted by atomic mass is 9.69. The first-order chi connectivity index (χ1) is 9.38. The number of amides is 1. The number of anilines is 1. The molecule has 0 radical (unpaired) electrons. The Hall–Kier alpha value is -1.22. The van der Waals surface area contributed by atoms with Crippen LogP contribution in [0.25, 0.3) is 0 Å². The number of carbonyl (C=O) groups excluding carboxylic acids is 1. The van der Waals surface area contributed by atoms with Crippen molar-refractivity contribution in [2.75, 3.05) is 5.73 Å². The van der Waals surface area contributed by atoms with Gasteiger partial charge in [0.25, 0.3) is 5.91 Å². The molecule has 0 spiro atoms. The molecule has 3 nitrogen and oxygen atoms in total. The Morgan fingerprint density at radius 2 is 1.71 bits per heavy atom. The molecule has 1 saturated carbocycles. The summed E-state index contributed by atoms with van der Waals surface area (Å²) < 4.78 is 0. The lowest BCUT2D eigenvalue weighted by Crippen LogP contribution is -2.46. The SMILES string of the molecule is CC(C)(C)C1CCCCC1NC(=O)c1ccc(N)cc1.Cl. The van der Waals surface area contributed by atoms with E-state index in [1.807, 2.05) is 0 Å². The van der Waals surface area contributed by atoms with Gasteiger partial charge in [-0.05, 0) is 48.4 Å². The van der Waals surface area contributed by atoms with E-state index in [0.29, 0.717) is 17.2 Å². The predicted molar refractivity (Wildman–Crippen MR) is 90.8 cm³/mol. The summed E-state index contributed by atoms with van der Waals surface area (Å²) in [5.41, 5.74) is 7.27. The quantitative estimate of drug-likeness (QED) is 0.810. The fourth-order valence-electron chi connectivity index (χ4n) is 3.23. The molecule has 2 atom stereocenters. The van der Waals surface area contributed by atoms with Crippen molar-refractivity contribution in [2.24, 2.45) is 11.3 Å². The molecule has 0 saturated heterocycles. The third-order valence-electron chi connectivity index (χ3n) is 4.37. The van der Waals surface area contributed by atoms with E-state index < -0.39 is 0 Å².